The van der Waals surface area contributed by atoms with Crippen LogP contribution in [0.2, 0.25) is 0 Å². The smallest absolute Gasteiger partial charge is 0.164 e. The van der Waals surface area contributed by atoms with Crippen molar-refractivity contribution in [1.82, 2.24) is 0 Å². The summed E-state index contributed by atoms with van der Waals surface area (Å²) in [5, 5.41) is -0.0662. The van der Waals surface area contributed by atoms with Crippen LogP contribution in [0.1, 0.15) is 27.6 Å². The number of nitrogen functional groups attached to an aromatic ring is 1. The molecule has 0 saturated heterocycles. The molecule has 4 heteroatoms. The lowest BCUT2D eigenvalue weighted by molar-refractivity contribution is 0.0982. The first-order chi connectivity index (χ1) is 12.1. The Morgan fingerprint density at radius 2 is 1.56 bits per heavy atom. The average Bonchev–Trinajstić information content (AvgIpc) is 2.64. The highest BCUT2D eigenvalue weighted by molar-refractivity contribution is 7.99. The highest BCUT2D eigenvalue weighted by atomic mass is 32.2. The van der Waals surface area contributed by atoms with Crippen LogP contribution in [-0.4, -0.2) is 5.78 Å². The fourth-order valence-corrected chi connectivity index (χ4v) is 3.75. The van der Waals surface area contributed by atoms with Gasteiger partial charge in [0.25, 0.3) is 0 Å². The molecule has 2 N–H and O–H groups in total. The molecule has 1 atom stereocenters. The Hall–Kier alpha value is -2.59. The van der Waals surface area contributed by atoms with Crippen molar-refractivity contribution in [2.45, 2.75) is 16.6 Å². The van der Waals surface area contributed by atoms with E-state index in [9.17, 15) is 9.18 Å². The summed E-state index contributed by atoms with van der Waals surface area (Å²) in [5.41, 5.74) is 8.33. The second kappa shape index (κ2) is 7.99. The quantitative estimate of drug-likeness (QED) is 0.361. The summed E-state index contributed by atoms with van der Waals surface area (Å²) in [6.07, 6.45) is 0.314. The zero-order chi connectivity index (χ0) is 17.6. The Labute approximate surface area is 150 Å². The topological polar surface area (TPSA) is 43.1 Å². The maximum Gasteiger partial charge on any atom is 0.164 e. The van der Waals surface area contributed by atoms with Gasteiger partial charge in [-0.3, -0.25) is 4.79 Å². The average molecular weight is 351 g/mol. The Morgan fingerprint density at radius 1 is 0.920 bits per heavy atom. The van der Waals surface area contributed by atoms with Crippen LogP contribution >= 0.6 is 11.8 Å². The molecule has 0 saturated carbocycles. The van der Waals surface area contributed by atoms with Crippen LogP contribution in [0.5, 0.6) is 0 Å². The summed E-state index contributed by atoms with van der Waals surface area (Å²) in [7, 11) is 0. The maximum atomic E-state index is 13.1. The molecule has 3 aromatic carbocycles. The molecule has 0 aromatic heterocycles. The van der Waals surface area contributed by atoms with Gasteiger partial charge in [-0.1, -0.05) is 42.5 Å². The Kier molecular flexibility index (Phi) is 5.51. The van der Waals surface area contributed by atoms with Gasteiger partial charge in [-0.2, -0.15) is 0 Å². The SMILES string of the molecule is Nc1ccccc1S[C@@H](CC(=O)c1ccc(F)cc1)c1ccccc1. The molecule has 0 spiro atoms. The molecule has 3 aromatic rings. The standard InChI is InChI=1S/C21H18FNOS/c22-17-12-10-15(11-13-17)19(24)14-21(16-6-2-1-3-7-16)25-20-9-5-4-8-18(20)23/h1-13,21H,14,23H2/t21-/m0/s1. The third-order valence-electron chi connectivity index (χ3n) is 3.90. The van der Waals surface area contributed by atoms with Crippen LogP contribution < -0.4 is 5.73 Å². The molecule has 0 fully saturated rings. The molecular formula is C21H18FNOS. The van der Waals surface area contributed by atoms with Gasteiger partial charge >= 0.3 is 0 Å². The predicted molar refractivity (Wildman–Crippen MR) is 101 cm³/mol. The molecule has 0 radical (unpaired) electrons. The molecule has 3 rings (SSSR count). The van der Waals surface area contributed by atoms with Crippen molar-refractivity contribution in [1.29, 1.82) is 0 Å². The third-order valence-corrected chi connectivity index (χ3v) is 5.25. The monoisotopic (exact) mass is 351 g/mol. The van der Waals surface area contributed by atoms with Gasteiger partial charge < -0.3 is 5.73 Å². The zero-order valence-electron chi connectivity index (χ0n) is 13.6. The number of ketones is 1. The van der Waals surface area contributed by atoms with Gasteiger partial charge in [0.2, 0.25) is 0 Å². The van der Waals surface area contributed by atoms with E-state index in [2.05, 4.69) is 0 Å². The van der Waals surface area contributed by atoms with E-state index in [0.29, 0.717) is 17.7 Å². The second-order valence-corrected chi connectivity index (χ2v) is 6.93. The fraction of sp³-hybridized carbons (Fsp3) is 0.0952. The number of nitrogens with two attached hydrogens (primary N) is 1. The first-order valence-corrected chi connectivity index (χ1v) is 8.86. The first kappa shape index (κ1) is 17.2. The number of carbonyl (C=O) groups is 1. The molecule has 0 heterocycles. The normalized spacial score (nSPS) is 11.9. The number of carbonyl (C=O) groups excluding carboxylic acids is 1. The summed E-state index contributed by atoms with van der Waals surface area (Å²) >= 11 is 1.57. The number of hydrogen-bond acceptors (Lipinski definition) is 3. The molecule has 0 amide bonds. The second-order valence-electron chi connectivity index (χ2n) is 5.69. The van der Waals surface area contributed by atoms with Gasteiger partial charge in [-0.25, -0.2) is 4.39 Å². The zero-order valence-corrected chi connectivity index (χ0v) is 14.4. The van der Waals surface area contributed by atoms with Crippen LogP contribution in [0, 0.1) is 5.82 Å². The van der Waals surface area contributed by atoms with Gasteiger partial charge in [0, 0.05) is 27.8 Å². The highest BCUT2D eigenvalue weighted by Crippen LogP contribution is 2.40. The van der Waals surface area contributed by atoms with Crippen LogP contribution in [0.3, 0.4) is 0 Å². The number of thioether (sulfide) groups is 1. The molecule has 0 bridgehead atoms. The molecule has 0 aliphatic heterocycles. The van der Waals surface area contributed by atoms with Crippen molar-refractivity contribution in [3.05, 3.63) is 95.8 Å². The number of halogens is 1. The number of anilines is 1. The number of benzene rings is 3. The summed E-state index contributed by atoms with van der Waals surface area (Å²) in [5.74, 6) is -0.363. The van der Waals surface area contributed by atoms with Gasteiger partial charge in [-0.05, 0) is 42.0 Å². The van der Waals surface area contributed by atoms with E-state index in [0.717, 1.165) is 10.5 Å². The van der Waals surface area contributed by atoms with Crippen molar-refractivity contribution in [2.24, 2.45) is 0 Å². The molecule has 2 nitrogen and oxygen atoms in total. The molecule has 0 aliphatic carbocycles. The van der Waals surface area contributed by atoms with Crippen molar-refractivity contribution in [2.75, 3.05) is 5.73 Å². The van der Waals surface area contributed by atoms with Gasteiger partial charge in [0.1, 0.15) is 5.82 Å². The van der Waals surface area contributed by atoms with Gasteiger partial charge in [0.05, 0.1) is 0 Å². The van der Waals surface area contributed by atoms with Crippen LogP contribution in [0.4, 0.5) is 10.1 Å². The third kappa shape index (κ3) is 4.48. The highest BCUT2D eigenvalue weighted by Gasteiger charge is 2.19. The fourth-order valence-electron chi connectivity index (χ4n) is 2.56. The van der Waals surface area contributed by atoms with Gasteiger partial charge in [-0.15, -0.1) is 11.8 Å². The molecular weight excluding hydrogens is 333 g/mol. The molecule has 25 heavy (non-hydrogen) atoms. The van der Waals surface area contributed by atoms with Crippen molar-refractivity contribution in [3.63, 3.8) is 0 Å². The molecule has 0 aliphatic rings. The van der Waals surface area contributed by atoms with Crippen molar-refractivity contribution in [3.8, 4) is 0 Å². The van der Waals surface area contributed by atoms with E-state index >= 15 is 0 Å². The number of para-hydroxylation sites is 1. The number of hydrogen-bond donors (Lipinski definition) is 1. The minimum absolute atomic E-state index is 0.0177. The van der Waals surface area contributed by atoms with Crippen molar-refractivity contribution < 1.29 is 9.18 Å². The molecule has 0 unspecified atom stereocenters. The van der Waals surface area contributed by atoms with Crippen LogP contribution in [0.15, 0.2) is 83.8 Å². The summed E-state index contributed by atoms with van der Waals surface area (Å²) in [6.45, 7) is 0. The van der Waals surface area contributed by atoms with E-state index in [1.54, 1.807) is 11.8 Å². The minimum atomic E-state index is -0.345. The lowest BCUT2D eigenvalue weighted by atomic mass is 10.0. The number of Topliss-reactive ketones (excluding diaryl/α,β-unsaturated/α-hetero) is 1. The van der Waals surface area contributed by atoms with E-state index in [1.807, 2.05) is 54.6 Å². The molecule has 126 valence electrons. The summed E-state index contributed by atoms with van der Waals surface area (Å²) < 4.78 is 13.1. The Balaban J connectivity index is 1.85. The lowest BCUT2D eigenvalue weighted by Gasteiger charge is -2.17. The van der Waals surface area contributed by atoms with E-state index in [4.69, 9.17) is 5.73 Å². The van der Waals surface area contributed by atoms with Crippen LogP contribution in [-0.2, 0) is 0 Å². The van der Waals surface area contributed by atoms with E-state index in [-0.39, 0.29) is 16.9 Å². The van der Waals surface area contributed by atoms with Gasteiger partial charge in [0.15, 0.2) is 5.78 Å². The summed E-state index contributed by atoms with van der Waals surface area (Å²) in [4.78, 5) is 13.6. The number of rotatable bonds is 6. The summed E-state index contributed by atoms with van der Waals surface area (Å²) in [6, 6.07) is 23.2. The van der Waals surface area contributed by atoms with Crippen LogP contribution in [0.25, 0.3) is 0 Å². The Morgan fingerprint density at radius 3 is 2.24 bits per heavy atom. The minimum Gasteiger partial charge on any atom is -0.398 e. The van der Waals surface area contributed by atoms with Crippen molar-refractivity contribution >= 4 is 23.2 Å². The Bertz CT molecular complexity index is 849. The predicted octanol–water partition coefficient (Wildman–Crippen LogP) is 5.51. The maximum absolute atomic E-state index is 13.1. The lowest BCUT2D eigenvalue weighted by Crippen LogP contribution is -2.06. The first-order valence-electron chi connectivity index (χ1n) is 7.98. The van der Waals surface area contributed by atoms with E-state index < -0.39 is 0 Å². The largest absolute Gasteiger partial charge is 0.398 e. The van der Waals surface area contributed by atoms with E-state index in [1.165, 1.54) is 24.3 Å².